The van der Waals surface area contributed by atoms with Crippen LogP contribution < -0.4 is 5.32 Å². The third kappa shape index (κ3) is 6.14. The van der Waals surface area contributed by atoms with Crippen LogP contribution in [-0.4, -0.2) is 106 Å². The van der Waals surface area contributed by atoms with Crippen LogP contribution in [0.5, 0.6) is 0 Å². The monoisotopic (exact) mass is 440 g/mol. The van der Waals surface area contributed by atoms with E-state index in [4.69, 9.17) is 25.8 Å². The van der Waals surface area contributed by atoms with Crippen molar-refractivity contribution < 1.29 is 39.4 Å². The number of ether oxygens (including phenoxy) is 3. The summed E-state index contributed by atoms with van der Waals surface area (Å²) in [4.78, 5) is 14.2. The number of carbonyl (C=O) groups excluding carboxylic acids is 1. The molecule has 2 rings (SSSR count). The number of halogens is 1. The van der Waals surface area contributed by atoms with Gasteiger partial charge in [0.25, 0.3) is 0 Å². The fourth-order valence-electron chi connectivity index (χ4n) is 3.49. The van der Waals surface area contributed by atoms with Crippen LogP contribution >= 0.6 is 11.6 Å². The zero-order chi connectivity index (χ0) is 21.7. The van der Waals surface area contributed by atoms with E-state index in [1.807, 2.05) is 20.8 Å². The summed E-state index contributed by atoms with van der Waals surface area (Å²) >= 11 is 5.82. The van der Waals surface area contributed by atoms with Gasteiger partial charge in [-0.3, -0.25) is 0 Å². The smallest absolute Gasteiger partial charge is 0.319 e. The number of hydrogen-bond acceptors (Lipinski definition) is 8. The highest BCUT2D eigenvalue weighted by Crippen LogP contribution is 2.25. The lowest BCUT2D eigenvalue weighted by molar-refractivity contribution is -0.312. The van der Waals surface area contributed by atoms with E-state index in [1.54, 1.807) is 0 Å². The van der Waals surface area contributed by atoms with Gasteiger partial charge in [-0.25, -0.2) is 4.79 Å². The van der Waals surface area contributed by atoms with Gasteiger partial charge >= 0.3 is 6.03 Å². The first-order valence-corrected chi connectivity index (χ1v) is 10.4. The van der Waals surface area contributed by atoms with E-state index >= 15 is 0 Å². The van der Waals surface area contributed by atoms with E-state index in [1.165, 1.54) is 4.90 Å². The van der Waals surface area contributed by atoms with Crippen LogP contribution in [-0.2, 0) is 14.2 Å². The van der Waals surface area contributed by atoms with Crippen molar-refractivity contribution in [3.63, 3.8) is 0 Å². The maximum absolute atomic E-state index is 12.7. The van der Waals surface area contributed by atoms with Crippen LogP contribution in [0.2, 0.25) is 0 Å². The lowest BCUT2D eigenvalue weighted by atomic mass is 9.97. The van der Waals surface area contributed by atoms with Crippen molar-refractivity contribution in [1.82, 2.24) is 10.2 Å². The molecule has 0 bridgehead atoms. The molecular weight excluding hydrogens is 408 g/mol. The summed E-state index contributed by atoms with van der Waals surface area (Å²) in [5.74, 6) is 0.336. The van der Waals surface area contributed by atoms with E-state index in [-0.39, 0.29) is 37.1 Å². The van der Waals surface area contributed by atoms with E-state index in [0.717, 1.165) is 0 Å². The molecular formula is C18H33ClN2O8. The maximum atomic E-state index is 12.7. The first kappa shape index (κ1) is 24.5. The lowest BCUT2D eigenvalue weighted by Crippen LogP contribution is -2.65. The fourth-order valence-corrected chi connectivity index (χ4v) is 3.67. The summed E-state index contributed by atoms with van der Waals surface area (Å²) < 4.78 is 16.4. The molecule has 11 heteroatoms. The Kier molecular flexibility index (Phi) is 9.36. The van der Waals surface area contributed by atoms with Crippen LogP contribution in [0.15, 0.2) is 0 Å². The molecule has 170 valence electrons. The average molecular weight is 441 g/mol. The van der Waals surface area contributed by atoms with Crippen molar-refractivity contribution in [2.24, 2.45) is 5.92 Å². The van der Waals surface area contributed by atoms with Gasteiger partial charge in [0.15, 0.2) is 12.5 Å². The van der Waals surface area contributed by atoms with Gasteiger partial charge in [-0.05, 0) is 19.3 Å². The van der Waals surface area contributed by atoms with Gasteiger partial charge in [-0.15, -0.1) is 11.6 Å². The van der Waals surface area contributed by atoms with Gasteiger partial charge in [0, 0.05) is 19.0 Å². The molecule has 2 saturated heterocycles. The summed E-state index contributed by atoms with van der Waals surface area (Å²) in [6.07, 6.45) is -8.58. The maximum Gasteiger partial charge on any atom is 0.319 e. The molecule has 5 N–H and O–H groups in total. The van der Waals surface area contributed by atoms with E-state index in [9.17, 15) is 25.2 Å². The molecule has 2 amide bonds. The molecule has 2 aliphatic rings. The molecule has 2 heterocycles. The first-order chi connectivity index (χ1) is 13.7. The van der Waals surface area contributed by atoms with Crippen molar-refractivity contribution in [1.29, 1.82) is 0 Å². The number of aliphatic hydroxyl groups is 4. The van der Waals surface area contributed by atoms with Crippen molar-refractivity contribution >= 4 is 17.6 Å². The highest BCUT2D eigenvalue weighted by Gasteiger charge is 2.47. The van der Waals surface area contributed by atoms with Gasteiger partial charge < -0.3 is 44.9 Å². The van der Waals surface area contributed by atoms with Crippen molar-refractivity contribution in [2.75, 3.05) is 25.6 Å². The molecule has 10 nitrogen and oxygen atoms in total. The number of carbonyl (C=O) groups is 1. The van der Waals surface area contributed by atoms with E-state index < -0.39 is 43.0 Å². The molecule has 29 heavy (non-hydrogen) atoms. The zero-order valence-electron chi connectivity index (χ0n) is 17.0. The van der Waals surface area contributed by atoms with Gasteiger partial charge in [0.1, 0.15) is 24.4 Å². The number of nitrogens with zero attached hydrogens (tertiary/aromatic N) is 1. The van der Waals surface area contributed by atoms with Gasteiger partial charge in [0.2, 0.25) is 0 Å². The third-order valence-electron chi connectivity index (χ3n) is 5.11. The SMILES string of the molecule is CC(C)CO[C@H]1O[C@H](C(O)NC(=O)N(CCCl)C2CCOC2C)[C@@H](O)[C@H](O)[C@H]1O. The zero-order valence-corrected chi connectivity index (χ0v) is 17.7. The topological polar surface area (TPSA) is 141 Å². The fraction of sp³-hybridized carbons (Fsp3) is 0.944. The second kappa shape index (κ2) is 11.1. The molecule has 3 unspecified atom stereocenters. The van der Waals surface area contributed by atoms with Crippen molar-refractivity contribution in [3.8, 4) is 0 Å². The van der Waals surface area contributed by atoms with Crippen molar-refractivity contribution in [2.45, 2.75) is 76.3 Å². The Morgan fingerprint density at radius 3 is 2.52 bits per heavy atom. The van der Waals surface area contributed by atoms with Crippen LogP contribution in [0.1, 0.15) is 27.2 Å². The Bertz CT molecular complexity index is 528. The minimum atomic E-state index is -1.65. The third-order valence-corrected chi connectivity index (χ3v) is 5.27. The Morgan fingerprint density at radius 2 is 1.97 bits per heavy atom. The predicted octanol–water partition coefficient (Wildman–Crippen LogP) is -0.787. The summed E-state index contributed by atoms with van der Waals surface area (Å²) in [6.45, 7) is 6.64. The van der Waals surface area contributed by atoms with Crippen LogP contribution in [0.4, 0.5) is 4.79 Å². The molecule has 0 aromatic heterocycles. The number of amides is 2. The minimum Gasteiger partial charge on any atom is -0.387 e. The minimum absolute atomic E-state index is 0.137. The Balaban J connectivity index is 2.04. The number of urea groups is 1. The Hall–Kier alpha value is -0.720. The summed E-state index contributed by atoms with van der Waals surface area (Å²) in [7, 11) is 0. The summed E-state index contributed by atoms with van der Waals surface area (Å²) in [5.41, 5.74) is 0. The Morgan fingerprint density at radius 1 is 1.28 bits per heavy atom. The van der Waals surface area contributed by atoms with Gasteiger partial charge in [-0.1, -0.05) is 13.8 Å². The number of hydrogen-bond donors (Lipinski definition) is 5. The standard InChI is InChI=1S/C18H33ClN2O8/c1-9(2)8-28-17-14(24)12(22)13(23)15(29-17)16(25)20-18(26)21(6-5-19)11-4-7-27-10(11)3/h9-17,22-25H,4-8H2,1-3H3,(H,20,26)/t10?,11?,12-,13-,14+,15-,16?,17-/m0/s1. The highest BCUT2D eigenvalue weighted by atomic mass is 35.5. The first-order valence-electron chi connectivity index (χ1n) is 9.91. The highest BCUT2D eigenvalue weighted by molar-refractivity contribution is 6.18. The molecule has 0 aliphatic carbocycles. The van der Waals surface area contributed by atoms with E-state index in [2.05, 4.69) is 5.32 Å². The molecule has 0 saturated carbocycles. The van der Waals surface area contributed by atoms with E-state index in [0.29, 0.717) is 13.0 Å². The number of alkyl halides is 1. The quantitative estimate of drug-likeness (QED) is 0.244. The van der Waals surface area contributed by atoms with Crippen LogP contribution in [0.25, 0.3) is 0 Å². The lowest BCUT2D eigenvalue weighted by Gasteiger charge is -2.42. The number of aliphatic hydroxyl groups excluding tert-OH is 4. The predicted molar refractivity (Wildman–Crippen MR) is 103 cm³/mol. The Labute approximate surface area is 175 Å². The molecule has 2 aliphatic heterocycles. The van der Waals surface area contributed by atoms with Crippen LogP contribution in [0.3, 0.4) is 0 Å². The molecule has 2 fully saturated rings. The number of nitrogens with one attached hydrogen (secondary N) is 1. The summed E-state index contributed by atoms with van der Waals surface area (Å²) in [6, 6.07) is -0.802. The second-order valence-corrected chi connectivity index (χ2v) is 8.25. The molecule has 0 aromatic rings. The second-order valence-electron chi connectivity index (χ2n) is 7.88. The number of rotatable bonds is 8. The normalized spacial score (nSPS) is 36.2. The molecule has 0 radical (unpaired) electrons. The molecule has 0 aromatic carbocycles. The summed E-state index contributed by atoms with van der Waals surface area (Å²) in [5, 5.41) is 43.3. The molecule has 0 spiro atoms. The van der Waals surface area contributed by atoms with Crippen molar-refractivity contribution in [3.05, 3.63) is 0 Å². The van der Waals surface area contributed by atoms with Crippen LogP contribution in [0, 0.1) is 5.92 Å². The van der Waals surface area contributed by atoms with Gasteiger partial charge in [-0.2, -0.15) is 0 Å². The molecule has 8 atom stereocenters. The van der Waals surface area contributed by atoms with Gasteiger partial charge in [0.05, 0.1) is 18.8 Å². The largest absolute Gasteiger partial charge is 0.387 e. The average Bonchev–Trinajstić information content (AvgIpc) is 3.08.